The van der Waals surface area contributed by atoms with Crippen molar-refractivity contribution in [3.8, 4) is 11.5 Å². The van der Waals surface area contributed by atoms with Crippen LogP contribution in [-0.2, 0) is 10.0 Å². The molecule has 3 rings (SSSR count). The highest BCUT2D eigenvalue weighted by Gasteiger charge is 2.31. The fourth-order valence-electron chi connectivity index (χ4n) is 2.42. The molecule has 1 aliphatic rings. The molecular formula is C16H15F2NO4S. The van der Waals surface area contributed by atoms with E-state index < -0.39 is 32.7 Å². The van der Waals surface area contributed by atoms with Crippen molar-refractivity contribution in [1.82, 2.24) is 4.31 Å². The van der Waals surface area contributed by atoms with Crippen molar-refractivity contribution >= 4 is 10.0 Å². The summed E-state index contributed by atoms with van der Waals surface area (Å²) in [7, 11) is -3.09. The molecule has 0 spiro atoms. The van der Waals surface area contributed by atoms with E-state index in [-0.39, 0.29) is 13.2 Å². The number of ether oxygens (including phenoxy) is 2. The second-order valence-corrected chi connectivity index (χ2v) is 7.32. The number of benzene rings is 2. The Balaban J connectivity index is 1.79. The maximum atomic E-state index is 13.8. The van der Waals surface area contributed by atoms with E-state index >= 15 is 0 Å². The van der Waals surface area contributed by atoms with Crippen LogP contribution in [0.3, 0.4) is 0 Å². The number of para-hydroxylation sites is 2. The number of fused-ring (bicyclic) bond motifs is 1. The van der Waals surface area contributed by atoms with Crippen LogP contribution in [0, 0.1) is 11.6 Å². The van der Waals surface area contributed by atoms with Gasteiger partial charge < -0.3 is 9.47 Å². The van der Waals surface area contributed by atoms with Gasteiger partial charge in [-0.3, -0.25) is 0 Å². The fourth-order valence-corrected chi connectivity index (χ4v) is 3.73. The minimum atomic E-state index is -4.33. The van der Waals surface area contributed by atoms with E-state index in [1.165, 1.54) is 7.05 Å². The molecule has 24 heavy (non-hydrogen) atoms. The molecule has 128 valence electrons. The van der Waals surface area contributed by atoms with Crippen molar-refractivity contribution in [3.63, 3.8) is 0 Å². The summed E-state index contributed by atoms with van der Waals surface area (Å²) in [5, 5.41) is 0. The van der Waals surface area contributed by atoms with E-state index in [0.717, 1.165) is 22.5 Å². The first-order chi connectivity index (χ1) is 11.4. The van der Waals surface area contributed by atoms with E-state index in [1.54, 1.807) is 24.3 Å². The van der Waals surface area contributed by atoms with Gasteiger partial charge in [0.2, 0.25) is 10.0 Å². The van der Waals surface area contributed by atoms with Crippen LogP contribution in [0.2, 0.25) is 0 Å². The molecule has 0 fully saturated rings. The molecule has 1 aliphatic heterocycles. The number of hydrogen-bond donors (Lipinski definition) is 0. The SMILES string of the molecule is CN(C[C@H]1COc2ccccc2O1)S(=O)(=O)c1c(F)cccc1F. The van der Waals surface area contributed by atoms with Crippen molar-refractivity contribution in [3.05, 3.63) is 54.1 Å². The molecule has 5 nitrogen and oxygen atoms in total. The van der Waals surface area contributed by atoms with Gasteiger partial charge in [-0.15, -0.1) is 0 Å². The molecule has 0 bridgehead atoms. The number of rotatable bonds is 4. The minimum Gasteiger partial charge on any atom is -0.486 e. The lowest BCUT2D eigenvalue weighted by Crippen LogP contribution is -2.42. The zero-order chi connectivity index (χ0) is 17.3. The lowest BCUT2D eigenvalue weighted by atomic mass is 10.2. The molecule has 0 unspecified atom stereocenters. The maximum Gasteiger partial charge on any atom is 0.248 e. The molecule has 0 radical (unpaired) electrons. The van der Waals surface area contributed by atoms with Crippen LogP contribution < -0.4 is 9.47 Å². The van der Waals surface area contributed by atoms with Gasteiger partial charge in [0.25, 0.3) is 0 Å². The largest absolute Gasteiger partial charge is 0.486 e. The third-order valence-electron chi connectivity index (χ3n) is 3.62. The Morgan fingerprint density at radius 1 is 1.08 bits per heavy atom. The fraction of sp³-hybridized carbons (Fsp3) is 0.250. The van der Waals surface area contributed by atoms with E-state index in [4.69, 9.17) is 9.47 Å². The number of nitrogens with zero attached hydrogens (tertiary/aromatic N) is 1. The lowest BCUT2D eigenvalue weighted by Gasteiger charge is -2.29. The van der Waals surface area contributed by atoms with Crippen LogP contribution in [0.1, 0.15) is 0 Å². The Morgan fingerprint density at radius 3 is 2.38 bits per heavy atom. The number of halogens is 2. The predicted molar refractivity (Wildman–Crippen MR) is 82.5 cm³/mol. The predicted octanol–water partition coefficient (Wildman–Crippen LogP) is 2.43. The Kier molecular flexibility index (Phi) is 4.42. The zero-order valence-corrected chi connectivity index (χ0v) is 13.6. The summed E-state index contributed by atoms with van der Waals surface area (Å²) in [5.41, 5.74) is 0. The average molecular weight is 355 g/mol. The summed E-state index contributed by atoms with van der Waals surface area (Å²) in [6.07, 6.45) is -0.588. The first kappa shape index (κ1) is 16.7. The summed E-state index contributed by atoms with van der Waals surface area (Å²) >= 11 is 0. The van der Waals surface area contributed by atoms with Crippen LogP contribution in [0.25, 0.3) is 0 Å². The standard InChI is InChI=1S/C16H15F2NO4S/c1-19(24(20,21)16-12(17)5-4-6-13(16)18)9-11-10-22-14-7-2-3-8-15(14)23-11/h2-8,11H,9-10H2,1H3/t11-/m0/s1. The summed E-state index contributed by atoms with van der Waals surface area (Å²) < 4.78 is 64.5. The second kappa shape index (κ2) is 6.37. The van der Waals surface area contributed by atoms with Gasteiger partial charge in [-0.25, -0.2) is 17.2 Å². The van der Waals surface area contributed by atoms with Crippen molar-refractivity contribution in [2.24, 2.45) is 0 Å². The van der Waals surface area contributed by atoms with Crippen molar-refractivity contribution in [2.45, 2.75) is 11.0 Å². The smallest absolute Gasteiger partial charge is 0.248 e. The molecule has 0 amide bonds. The van der Waals surface area contributed by atoms with Gasteiger partial charge in [-0.1, -0.05) is 18.2 Å². The van der Waals surface area contributed by atoms with Crippen LogP contribution >= 0.6 is 0 Å². The Labute approximate surface area is 138 Å². The Morgan fingerprint density at radius 2 is 1.71 bits per heavy atom. The molecule has 0 aromatic heterocycles. The highest BCUT2D eigenvalue weighted by Crippen LogP contribution is 2.31. The average Bonchev–Trinajstić information content (AvgIpc) is 2.54. The van der Waals surface area contributed by atoms with E-state index in [1.807, 2.05) is 0 Å². The van der Waals surface area contributed by atoms with Crippen molar-refractivity contribution in [1.29, 1.82) is 0 Å². The second-order valence-electron chi connectivity index (χ2n) is 5.33. The molecule has 1 atom stereocenters. The van der Waals surface area contributed by atoms with E-state index in [0.29, 0.717) is 11.5 Å². The molecule has 2 aromatic carbocycles. The van der Waals surface area contributed by atoms with Gasteiger partial charge in [0.15, 0.2) is 16.4 Å². The number of sulfonamides is 1. The Hall–Kier alpha value is -2.19. The molecule has 0 N–H and O–H groups in total. The van der Waals surface area contributed by atoms with Crippen LogP contribution in [-0.4, -0.2) is 39.0 Å². The molecule has 0 saturated heterocycles. The molecule has 0 saturated carbocycles. The molecule has 8 heteroatoms. The van der Waals surface area contributed by atoms with Gasteiger partial charge in [0.05, 0.1) is 6.54 Å². The zero-order valence-electron chi connectivity index (χ0n) is 12.8. The van der Waals surface area contributed by atoms with Gasteiger partial charge in [-0.2, -0.15) is 4.31 Å². The number of hydrogen-bond acceptors (Lipinski definition) is 4. The summed E-state index contributed by atoms with van der Waals surface area (Å²) in [5.74, 6) is -1.20. The topological polar surface area (TPSA) is 55.8 Å². The normalized spacial score (nSPS) is 17.1. The molecule has 2 aromatic rings. The van der Waals surface area contributed by atoms with E-state index in [9.17, 15) is 17.2 Å². The van der Waals surface area contributed by atoms with Crippen LogP contribution in [0.5, 0.6) is 11.5 Å². The van der Waals surface area contributed by atoms with Crippen LogP contribution in [0.15, 0.2) is 47.4 Å². The van der Waals surface area contributed by atoms with Crippen LogP contribution in [0.4, 0.5) is 8.78 Å². The monoisotopic (exact) mass is 355 g/mol. The third kappa shape index (κ3) is 3.07. The Bertz CT molecular complexity index is 837. The third-order valence-corrected chi connectivity index (χ3v) is 5.49. The van der Waals surface area contributed by atoms with Gasteiger partial charge >= 0.3 is 0 Å². The van der Waals surface area contributed by atoms with Gasteiger partial charge in [-0.05, 0) is 24.3 Å². The molecule has 1 heterocycles. The van der Waals surface area contributed by atoms with Crippen molar-refractivity contribution < 1.29 is 26.7 Å². The summed E-state index contributed by atoms with van der Waals surface area (Å²) in [6.45, 7) is 0.0288. The van der Waals surface area contributed by atoms with Gasteiger partial charge in [0.1, 0.15) is 24.3 Å². The van der Waals surface area contributed by atoms with Gasteiger partial charge in [0, 0.05) is 7.05 Å². The summed E-state index contributed by atoms with van der Waals surface area (Å²) in [6, 6.07) is 9.91. The lowest BCUT2D eigenvalue weighted by molar-refractivity contribution is 0.0798. The summed E-state index contributed by atoms with van der Waals surface area (Å²) in [4.78, 5) is -0.968. The van der Waals surface area contributed by atoms with E-state index in [2.05, 4.69) is 0 Å². The first-order valence-corrected chi connectivity index (χ1v) is 8.62. The molecule has 0 aliphatic carbocycles. The van der Waals surface area contributed by atoms with Crippen molar-refractivity contribution in [2.75, 3.05) is 20.2 Å². The highest BCUT2D eigenvalue weighted by molar-refractivity contribution is 7.89. The molecular weight excluding hydrogens is 340 g/mol. The maximum absolute atomic E-state index is 13.8. The quantitative estimate of drug-likeness (QED) is 0.845. The minimum absolute atomic E-state index is 0.107. The highest BCUT2D eigenvalue weighted by atomic mass is 32.2. The number of likely N-dealkylation sites (N-methyl/N-ethyl adjacent to an activating group) is 1. The first-order valence-electron chi connectivity index (χ1n) is 7.18.